The smallest absolute Gasteiger partial charge is 0.343 e. The van der Waals surface area contributed by atoms with Crippen LogP contribution in [0.1, 0.15) is 19.4 Å². The number of hydrogen-bond donors (Lipinski definition) is 1. The summed E-state index contributed by atoms with van der Waals surface area (Å²) in [5.74, 6) is 0.786. The maximum atomic E-state index is 11.8. The van der Waals surface area contributed by atoms with Crippen molar-refractivity contribution in [3.8, 4) is 0 Å². The normalized spacial score (nSPS) is 11.2. The lowest BCUT2D eigenvalue weighted by atomic mass is 10.1. The molecule has 2 rings (SSSR count). The predicted molar refractivity (Wildman–Crippen MR) is 84.8 cm³/mol. The van der Waals surface area contributed by atoms with Gasteiger partial charge in [0.05, 0.1) is 12.7 Å². The summed E-state index contributed by atoms with van der Waals surface area (Å²) >= 11 is 1.54. The van der Waals surface area contributed by atoms with Crippen LogP contribution in [0, 0.1) is 0 Å². The number of aromatic amines is 1. The average molecular weight is 307 g/mol. The minimum atomic E-state index is -0.154. The van der Waals surface area contributed by atoms with Gasteiger partial charge >= 0.3 is 5.69 Å². The van der Waals surface area contributed by atoms with Gasteiger partial charge in [0, 0.05) is 12.3 Å². The molecule has 0 unspecified atom stereocenters. The summed E-state index contributed by atoms with van der Waals surface area (Å²) in [4.78, 5) is 11.8. The highest BCUT2D eigenvalue weighted by atomic mass is 32.2. The number of aryl methyl sites for hydroxylation is 1. The van der Waals surface area contributed by atoms with Crippen molar-refractivity contribution in [1.29, 1.82) is 0 Å². The Bertz CT molecular complexity index is 592. The first kappa shape index (κ1) is 15.9. The number of thioether (sulfide) groups is 1. The van der Waals surface area contributed by atoms with Gasteiger partial charge in [-0.25, -0.2) is 9.89 Å². The van der Waals surface area contributed by atoms with Gasteiger partial charge in [-0.1, -0.05) is 42.1 Å². The van der Waals surface area contributed by atoms with Crippen LogP contribution in [0.25, 0.3) is 0 Å². The summed E-state index contributed by atoms with van der Waals surface area (Å²) in [7, 11) is 0. The van der Waals surface area contributed by atoms with Gasteiger partial charge in [0.1, 0.15) is 0 Å². The van der Waals surface area contributed by atoms with Crippen molar-refractivity contribution in [2.75, 3.05) is 12.4 Å². The molecule has 0 fully saturated rings. The largest absolute Gasteiger partial charge is 0.378 e. The molecule has 1 aromatic heterocycles. The first-order valence-electron chi connectivity index (χ1n) is 7.10. The summed E-state index contributed by atoms with van der Waals surface area (Å²) in [6, 6.07) is 10.1. The van der Waals surface area contributed by atoms with Crippen LogP contribution in [-0.2, 0) is 17.7 Å². The fourth-order valence-electron chi connectivity index (χ4n) is 1.91. The second kappa shape index (κ2) is 8.05. The van der Waals surface area contributed by atoms with Crippen molar-refractivity contribution in [2.24, 2.45) is 0 Å². The van der Waals surface area contributed by atoms with E-state index in [1.807, 2.05) is 32.0 Å². The molecule has 114 valence electrons. The van der Waals surface area contributed by atoms with Crippen LogP contribution in [0.3, 0.4) is 0 Å². The van der Waals surface area contributed by atoms with Crippen LogP contribution in [-0.4, -0.2) is 33.2 Å². The van der Waals surface area contributed by atoms with E-state index in [4.69, 9.17) is 4.74 Å². The maximum Gasteiger partial charge on any atom is 0.343 e. The minimum Gasteiger partial charge on any atom is -0.378 e. The van der Waals surface area contributed by atoms with Crippen LogP contribution >= 0.6 is 11.8 Å². The number of nitrogens with zero attached hydrogens (tertiary/aromatic N) is 2. The predicted octanol–water partition coefficient (Wildman–Crippen LogP) is 2.33. The molecule has 0 aliphatic rings. The topological polar surface area (TPSA) is 59.9 Å². The average Bonchev–Trinajstić information content (AvgIpc) is 2.83. The Hall–Kier alpha value is -1.53. The van der Waals surface area contributed by atoms with E-state index in [9.17, 15) is 4.79 Å². The molecule has 0 spiro atoms. The van der Waals surface area contributed by atoms with Gasteiger partial charge in [0.2, 0.25) is 0 Å². The number of benzene rings is 1. The Labute approximate surface area is 128 Å². The highest BCUT2D eigenvalue weighted by Gasteiger charge is 2.09. The van der Waals surface area contributed by atoms with E-state index in [1.165, 1.54) is 5.56 Å². The highest BCUT2D eigenvalue weighted by Crippen LogP contribution is 2.13. The summed E-state index contributed by atoms with van der Waals surface area (Å²) < 4.78 is 7.18. The number of aromatic nitrogens is 3. The Balaban J connectivity index is 1.90. The Kier molecular flexibility index (Phi) is 6.07. The molecular formula is C15H21N3O2S. The third kappa shape index (κ3) is 5.06. The van der Waals surface area contributed by atoms with E-state index < -0.39 is 0 Å². The van der Waals surface area contributed by atoms with E-state index in [1.54, 1.807) is 16.3 Å². The lowest BCUT2D eigenvalue weighted by Gasteiger charge is -2.08. The molecule has 1 heterocycles. The number of hydrogen-bond acceptors (Lipinski definition) is 4. The first-order valence-corrected chi connectivity index (χ1v) is 8.09. The molecule has 5 nitrogen and oxygen atoms in total. The molecule has 0 radical (unpaired) electrons. The van der Waals surface area contributed by atoms with Crippen molar-refractivity contribution in [3.05, 3.63) is 46.4 Å². The number of rotatable bonds is 8. The van der Waals surface area contributed by atoms with Gasteiger partial charge in [-0.2, -0.15) is 0 Å². The maximum absolute atomic E-state index is 11.8. The molecule has 0 bridgehead atoms. The highest BCUT2D eigenvalue weighted by molar-refractivity contribution is 7.99. The molecule has 0 amide bonds. The van der Waals surface area contributed by atoms with Gasteiger partial charge in [0.15, 0.2) is 5.16 Å². The molecule has 1 N–H and O–H groups in total. The second-order valence-electron chi connectivity index (χ2n) is 4.97. The molecule has 0 aliphatic carbocycles. The fourth-order valence-corrected chi connectivity index (χ4v) is 2.72. The Morgan fingerprint density at radius 3 is 2.81 bits per heavy atom. The van der Waals surface area contributed by atoms with Crippen LogP contribution in [0.5, 0.6) is 0 Å². The zero-order chi connectivity index (χ0) is 15.1. The summed E-state index contributed by atoms with van der Waals surface area (Å²) in [5.41, 5.74) is 1.06. The summed E-state index contributed by atoms with van der Waals surface area (Å²) in [6.45, 7) is 5.30. The van der Waals surface area contributed by atoms with Crippen LogP contribution in [0.15, 0.2) is 40.3 Å². The van der Waals surface area contributed by atoms with E-state index >= 15 is 0 Å². The van der Waals surface area contributed by atoms with E-state index in [0.29, 0.717) is 13.2 Å². The van der Waals surface area contributed by atoms with Gasteiger partial charge in [-0.3, -0.25) is 4.57 Å². The Morgan fingerprint density at radius 1 is 1.33 bits per heavy atom. The molecule has 0 saturated heterocycles. The van der Waals surface area contributed by atoms with E-state index in [2.05, 4.69) is 22.3 Å². The third-order valence-corrected chi connectivity index (χ3v) is 3.90. The third-order valence-electron chi connectivity index (χ3n) is 2.96. The van der Waals surface area contributed by atoms with Gasteiger partial charge < -0.3 is 4.74 Å². The Morgan fingerprint density at radius 2 is 2.10 bits per heavy atom. The molecule has 1 aromatic carbocycles. The van der Waals surface area contributed by atoms with Gasteiger partial charge in [-0.15, -0.1) is 5.10 Å². The fraction of sp³-hybridized carbons (Fsp3) is 0.467. The number of nitrogens with one attached hydrogen (secondary N) is 1. The van der Waals surface area contributed by atoms with Crippen molar-refractivity contribution >= 4 is 11.8 Å². The van der Waals surface area contributed by atoms with Crippen molar-refractivity contribution in [1.82, 2.24) is 14.8 Å². The molecule has 0 saturated carbocycles. The van der Waals surface area contributed by atoms with Crippen LogP contribution in [0.2, 0.25) is 0 Å². The van der Waals surface area contributed by atoms with Crippen molar-refractivity contribution in [3.63, 3.8) is 0 Å². The number of ether oxygens (including phenoxy) is 1. The van der Waals surface area contributed by atoms with Crippen molar-refractivity contribution in [2.45, 2.75) is 38.1 Å². The first-order chi connectivity index (χ1) is 10.2. The lowest BCUT2D eigenvalue weighted by molar-refractivity contribution is 0.0920. The monoisotopic (exact) mass is 307 g/mol. The molecule has 0 aliphatic heterocycles. The molecule has 6 heteroatoms. The molecule has 0 atom stereocenters. The minimum absolute atomic E-state index is 0.154. The van der Waals surface area contributed by atoms with E-state index in [0.717, 1.165) is 17.3 Å². The van der Waals surface area contributed by atoms with E-state index in [-0.39, 0.29) is 11.8 Å². The van der Waals surface area contributed by atoms with Crippen LogP contribution < -0.4 is 5.69 Å². The zero-order valence-electron chi connectivity index (χ0n) is 12.4. The standard InChI is InChI=1S/C15H21N3O2S/c1-12(2)20-10-11-21-15-17-16-14(19)18(15)9-8-13-6-4-3-5-7-13/h3-7,12H,8-11H2,1-2H3,(H,16,19). The SMILES string of the molecule is CC(C)OCCSc1n[nH]c(=O)n1CCc1ccccc1. The zero-order valence-corrected chi connectivity index (χ0v) is 13.2. The van der Waals surface area contributed by atoms with Crippen LogP contribution in [0.4, 0.5) is 0 Å². The second-order valence-corrected chi connectivity index (χ2v) is 6.03. The van der Waals surface area contributed by atoms with Crippen molar-refractivity contribution < 1.29 is 4.74 Å². The lowest BCUT2D eigenvalue weighted by Crippen LogP contribution is -2.19. The summed E-state index contributed by atoms with van der Waals surface area (Å²) in [5, 5.41) is 7.32. The van der Waals surface area contributed by atoms with Gasteiger partial charge in [0.25, 0.3) is 0 Å². The molecule has 21 heavy (non-hydrogen) atoms. The quantitative estimate of drug-likeness (QED) is 0.600. The summed E-state index contributed by atoms with van der Waals surface area (Å²) in [6.07, 6.45) is 1.04. The molecule has 2 aromatic rings. The molecular weight excluding hydrogens is 286 g/mol. The van der Waals surface area contributed by atoms with Gasteiger partial charge in [-0.05, 0) is 25.8 Å². The number of H-pyrrole nitrogens is 1.